The number of hydrogen-bond donors (Lipinski definition) is 3. The second-order valence-electron chi connectivity index (χ2n) is 16.1. The lowest BCUT2D eigenvalue weighted by Gasteiger charge is -2.31. The minimum Gasteiger partial charge on any atom is -0.444 e. The highest BCUT2D eigenvalue weighted by atomic mass is 19.1. The van der Waals surface area contributed by atoms with Crippen molar-refractivity contribution in [3.63, 3.8) is 0 Å². The second-order valence-corrected chi connectivity index (χ2v) is 16.1. The van der Waals surface area contributed by atoms with Gasteiger partial charge in [-0.3, -0.25) is 19.3 Å². The van der Waals surface area contributed by atoms with E-state index in [1.807, 2.05) is 42.5 Å². The number of likely N-dealkylation sites (tertiary alicyclic amines) is 1. The third-order valence-electron chi connectivity index (χ3n) is 10.9. The molecule has 0 radical (unpaired) electrons. The summed E-state index contributed by atoms with van der Waals surface area (Å²) in [6.07, 6.45) is 2.88. The number of nitrogens with zero attached hydrogens (tertiary/aromatic N) is 2. The number of amides is 4. The number of carbonyl (C=O) groups is 4. The van der Waals surface area contributed by atoms with Gasteiger partial charge in [-0.05, 0) is 98.9 Å². The average Bonchev–Trinajstić information content (AvgIpc) is 3.62. The zero-order chi connectivity index (χ0) is 39.4. The van der Waals surface area contributed by atoms with E-state index >= 15 is 0 Å². The summed E-state index contributed by atoms with van der Waals surface area (Å²) in [5.41, 5.74) is 5.40. The first-order chi connectivity index (χ1) is 26.9. The number of hydrogen-bond acceptors (Lipinski definition) is 6. The minimum absolute atomic E-state index is 0.0887. The predicted octanol–water partition coefficient (Wildman–Crippen LogP) is 6.37. The lowest BCUT2D eigenvalue weighted by Crippen LogP contribution is -2.49. The number of benzene rings is 4. The van der Waals surface area contributed by atoms with Crippen molar-refractivity contribution in [2.75, 3.05) is 6.54 Å². The fraction of sp³-hybridized carbons (Fsp3) is 0.378. The van der Waals surface area contributed by atoms with Crippen LogP contribution in [0.25, 0.3) is 0 Å². The van der Waals surface area contributed by atoms with E-state index in [0.717, 1.165) is 41.5 Å². The summed E-state index contributed by atoms with van der Waals surface area (Å²) in [7, 11) is 0. The van der Waals surface area contributed by atoms with Crippen LogP contribution in [-0.4, -0.2) is 63.9 Å². The molecule has 0 aromatic heterocycles. The van der Waals surface area contributed by atoms with Crippen molar-refractivity contribution in [2.45, 2.75) is 102 Å². The molecule has 11 heteroatoms. The van der Waals surface area contributed by atoms with E-state index in [2.05, 4.69) is 22.0 Å². The molecule has 4 aromatic rings. The molecule has 10 nitrogen and oxygen atoms in total. The van der Waals surface area contributed by atoms with E-state index in [9.17, 15) is 23.6 Å². The lowest BCUT2D eigenvalue weighted by atomic mass is 9.87. The molecule has 0 spiro atoms. The molecular formula is C45H50FN5O5. The Labute approximate surface area is 327 Å². The highest BCUT2D eigenvalue weighted by molar-refractivity contribution is 5.95. The van der Waals surface area contributed by atoms with Gasteiger partial charge in [0.15, 0.2) is 0 Å². The van der Waals surface area contributed by atoms with E-state index in [4.69, 9.17) is 4.74 Å². The molecule has 4 unspecified atom stereocenters. The highest BCUT2D eigenvalue weighted by Crippen LogP contribution is 2.31. The molecule has 3 N–H and O–H groups in total. The van der Waals surface area contributed by atoms with Crippen molar-refractivity contribution in [1.29, 1.82) is 0 Å². The third-order valence-corrected chi connectivity index (χ3v) is 10.9. The normalized spacial score (nSPS) is 20.3. The van der Waals surface area contributed by atoms with Crippen molar-refractivity contribution in [3.8, 4) is 0 Å². The van der Waals surface area contributed by atoms with E-state index in [1.165, 1.54) is 16.5 Å². The standard InChI is InChI=1S/C45H50FN5O5/c1-45(2,3)56-44(55)51-28-35(24-40(51)42(53)49-38-18-10-15-30-11-6-8-16-36(30)38)48-41(52)31-21-19-29(20-22-31)26-50(27-34-14-7-9-17-37(34)46)43(54)39-23-32-12-4-5-13-33(32)25-47-39/h4-9,11-14,16-17,19-22,35,38-40,47H,10,15,18,23-28H2,1-3H3,(H,48,52)(H,49,53). The summed E-state index contributed by atoms with van der Waals surface area (Å²) in [6, 6.07) is 27.6. The van der Waals surface area contributed by atoms with E-state index in [0.29, 0.717) is 24.1 Å². The summed E-state index contributed by atoms with van der Waals surface area (Å²) >= 11 is 0. The number of rotatable bonds is 9. The maximum absolute atomic E-state index is 14.8. The van der Waals surface area contributed by atoms with Crippen LogP contribution in [0.1, 0.15) is 89.8 Å². The molecule has 1 saturated heterocycles. The summed E-state index contributed by atoms with van der Waals surface area (Å²) < 4.78 is 20.5. The van der Waals surface area contributed by atoms with Gasteiger partial charge in [-0.1, -0.05) is 78.9 Å². The van der Waals surface area contributed by atoms with Crippen LogP contribution in [0.15, 0.2) is 97.1 Å². The van der Waals surface area contributed by atoms with Crippen LogP contribution in [0.4, 0.5) is 9.18 Å². The Balaban J connectivity index is 1.03. The fourth-order valence-corrected chi connectivity index (χ4v) is 8.03. The second kappa shape index (κ2) is 16.7. The van der Waals surface area contributed by atoms with E-state index in [-0.39, 0.29) is 55.6 Å². The van der Waals surface area contributed by atoms with Crippen molar-refractivity contribution in [2.24, 2.45) is 0 Å². The zero-order valence-electron chi connectivity index (χ0n) is 32.2. The van der Waals surface area contributed by atoms with Crippen LogP contribution in [0.3, 0.4) is 0 Å². The monoisotopic (exact) mass is 759 g/mol. The zero-order valence-corrected chi connectivity index (χ0v) is 32.2. The SMILES string of the molecule is CC(C)(C)OC(=O)N1CC(NC(=O)c2ccc(CN(Cc3ccccc3F)C(=O)C3Cc4ccccc4CN3)cc2)CC1C(=O)NC1CCCc2ccccc21. The van der Waals surface area contributed by atoms with E-state index in [1.54, 1.807) is 68.1 Å². The highest BCUT2D eigenvalue weighted by Gasteiger charge is 2.43. The first-order valence-electron chi connectivity index (χ1n) is 19.5. The molecule has 4 atom stereocenters. The summed E-state index contributed by atoms with van der Waals surface area (Å²) in [6.45, 7) is 6.32. The molecule has 292 valence electrons. The van der Waals surface area contributed by atoms with Gasteiger partial charge in [0.05, 0.1) is 12.1 Å². The van der Waals surface area contributed by atoms with Crippen LogP contribution in [0.5, 0.6) is 0 Å². The summed E-state index contributed by atoms with van der Waals surface area (Å²) in [4.78, 5) is 57.9. The average molecular weight is 760 g/mol. The van der Waals surface area contributed by atoms with Gasteiger partial charge in [-0.15, -0.1) is 0 Å². The van der Waals surface area contributed by atoms with Crippen LogP contribution in [0, 0.1) is 5.82 Å². The maximum Gasteiger partial charge on any atom is 0.411 e. The van der Waals surface area contributed by atoms with Crippen LogP contribution >= 0.6 is 0 Å². The Bertz CT molecular complexity index is 2080. The Morgan fingerprint density at radius 2 is 1.55 bits per heavy atom. The molecule has 3 aliphatic rings. The predicted molar refractivity (Wildman–Crippen MR) is 211 cm³/mol. The molecule has 4 aromatic carbocycles. The van der Waals surface area contributed by atoms with Gasteiger partial charge in [0.1, 0.15) is 17.5 Å². The molecular weight excluding hydrogens is 710 g/mol. The molecule has 0 bridgehead atoms. The van der Waals surface area contributed by atoms with Crippen LogP contribution in [-0.2, 0) is 46.8 Å². The molecule has 1 fully saturated rings. The van der Waals surface area contributed by atoms with Crippen molar-refractivity contribution < 1.29 is 28.3 Å². The molecule has 56 heavy (non-hydrogen) atoms. The number of ether oxygens (including phenoxy) is 1. The molecule has 2 heterocycles. The molecule has 2 aliphatic heterocycles. The molecule has 0 saturated carbocycles. The van der Waals surface area contributed by atoms with Gasteiger partial charge < -0.3 is 25.6 Å². The van der Waals surface area contributed by atoms with Crippen LogP contribution < -0.4 is 16.0 Å². The van der Waals surface area contributed by atoms with Gasteiger partial charge in [-0.2, -0.15) is 0 Å². The molecule has 1 aliphatic carbocycles. The number of fused-ring (bicyclic) bond motifs is 2. The van der Waals surface area contributed by atoms with Crippen LogP contribution in [0.2, 0.25) is 0 Å². The Morgan fingerprint density at radius 3 is 2.30 bits per heavy atom. The van der Waals surface area contributed by atoms with E-state index < -0.39 is 29.8 Å². The van der Waals surface area contributed by atoms with Crippen molar-refractivity contribution >= 4 is 23.8 Å². The largest absolute Gasteiger partial charge is 0.444 e. The fourth-order valence-electron chi connectivity index (χ4n) is 8.03. The van der Waals surface area contributed by atoms with Gasteiger partial charge >= 0.3 is 6.09 Å². The van der Waals surface area contributed by atoms with Gasteiger partial charge in [-0.25, -0.2) is 9.18 Å². The Hall–Kier alpha value is -5.55. The lowest BCUT2D eigenvalue weighted by molar-refractivity contribution is -0.135. The Morgan fingerprint density at radius 1 is 0.857 bits per heavy atom. The van der Waals surface area contributed by atoms with Gasteiger partial charge in [0.25, 0.3) is 5.91 Å². The topological polar surface area (TPSA) is 120 Å². The molecule has 7 rings (SSSR count). The minimum atomic E-state index is -0.822. The first kappa shape index (κ1) is 38.7. The number of halogens is 1. The van der Waals surface area contributed by atoms with Gasteiger partial charge in [0.2, 0.25) is 11.8 Å². The molecule has 4 amide bonds. The van der Waals surface area contributed by atoms with Gasteiger partial charge in [0, 0.05) is 43.3 Å². The summed E-state index contributed by atoms with van der Waals surface area (Å²) in [5.74, 6) is -1.14. The summed E-state index contributed by atoms with van der Waals surface area (Å²) in [5, 5.41) is 9.58. The quantitative estimate of drug-likeness (QED) is 0.183. The van der Waals surface area contributed by atoms with Crippen molar-refractivity contribution in [3.05, 3.63) is 142 Å². The number of aryl methyl sites for hydroxylation is 1. The number of carbonyl (C=O) groups excluding carboxylic acids is 4. The number of nitrogens with one attached hydrogen (secondary N) is 3. The maximum atomic E-state index is 14.8. The third kappa shape index (κ3) is 9.11. The Kier molecular flexibility index (Phi) is 11.5. The smallest absolute Gasteiger partial charge is 0.411 e. The van der Waals surface area contributed by atoms with Crippen molar-refractivity contribution in [1.82, 2.24) is 25.8 Å². The first-order valence-corrected chi connectivity index (χ1v) is 19.5.